The number of ether oxygens (including phenoxy) is 1. The molecular weight excluding hydrogens is 207 g/mol. The van der Waals surface area contributed by atoms with Crippen LogP contribution in [0.5, 0.6) is 0 Å². The smallest absolute Gasteiger partial charge is 0.126 e. The molecule has 0 amide bonds. The van der Waals surface area contributed by atoms with Crippen LogP contribution in [0.15, 0.2) is 18.2 Å². The summed E-state index contributed by atoms with van der Waals surface area (Å²) in [5, 5.41) is 0. The molecule has 2 unspecified atom stereocenters. The maximum atomic E-state index is 13.2. The number of hydrogen-bond donors (Lipinski definition) is 2. The zero-order valence-corrected chi connectivity index (χ0v) is 9.37. The maximum absolute atomic E-state index is 13.2. The maximum Gasteiger partial charge on any atom is 0.126 e. The van der Waals surface area contributed by atoms with E-state index in [1.54, 1.807) is 13.0 Å². The van der Waals surface area contributed by atoms with Crippen molar-refractivity contribution in [3.8, 4) is 0 Å². The van der Waals surface area contributed by atoms with Crippen LogP contribution in [0.1, 0.15) is 23.6 Å². The quantitative estimate of drug-likeness (QED) is 0.606. The standard InChI is InChI=1S/C12H17FN2O/c1-8-6-9(2-3-11(8)13)12(15-14)10-4-5-16-7-10/h2-3,6,10,12,15H,4-5,7,14H2,1H3. The molecule has 2 atom stereocenters. The van der Waals surface area contributed by atoms with Gasteiger partial charge in [0, 0.05) is 12.5 Å². The largest absolute Gasteiger partial charge is 0.381 e. The van der Waals surface area contributed by atoms with Crippen LogP contribution in [0.4, 0.5) is 4.39 Å². The van der Waals surface area contributed by atoms with Gasteiger partial charge in [0.15, 0.2) is 0 Å². The molecule has 1 heterocycles. The monoisotopic (exact) mass is 224 g/mol. The third kappa shape index (κ3) is 2.24. The van der Waals surface area contributed by atoms with Gasteiger partial charge in [-0.25, -0.2) is 4.39 Å². The number of hydrazine groups is 1. The Morgan fingerprint density at radius 3 is 2.94 bits per heavy atom. The number of benzene rings is 1. The molecule has 1 saturated heterocycles. The second-order valence-corrected chi connectivity index (χ2v) is 4.28. The summed E-state index contributed by atoms with van der Waals surface area (Å²) in [4.78, 5) is 0. The van der Waals surface area contributed by atoms with Gasteiger partial charge in [0.1, 0.15) is 5.82 Å². The SMILES string of the molecule is Cc1cc(C(NN)C2CCOC2)ccc1F. The molecule has 0 saturated carbocycles. The Morgan fingerprint density at radius 1 is 1.56 bits per heavy atom. The van der Waals surface area contributed by atoms with Gasteiger partial charge in [0.2, 0.25) is 0 Å². The Kier molecular flexibility index (Phi) is 3.53. The Morgan fingerprint density at radius 2 is 2.38 bits per heavy atom. The summed E-state index contributed by atoms with van der Waals surface area (Å²) < 4.78 is 18.5. The predicted molar refractivity (Wildman–Crippen MR) is 60.1 cm³/mol. The second kappa shape index (κ2) is 4.91. The molecule has 16 heavy (non-hydrogen) atoms. The Balaban J connectivity index is 2.22. The van der Waals surface area contributed by atoms with E-state index < -0.39 is 0 Å². The molecule has 0 radical (unpaired) electrons. The van der Waals surface area contributed by atoms with E-state index in [0.29, 0.717) is 18.1 Å². The highest BCUT2D eigenvalue weighted by Crippen LogP contribution is 2.28. The topological polar surface area (TPSA) is 47.3 Å². The lowest BCUT2D eigenvalue weighted by atomic mass is 9.92. The Labute approximate surface area is 94.8 Å². The number of nitrogens with one attached hydrogen (secondary N) is 1. The highest BCUT2D eigenvalue weighted by molar-refractivity contribution is 5.27. The van der Waals surface area contributed by atoms with Crippen LogP contribution in [0.25, 0.3) is 0 Å². The van der Waals surface area contributed by atoms with E-state index in [4.69, 9.17) is 10.6 Å². The average molecular weight is 224 g/mol. The van der Waals surface area contributed by atoms with E-state index >= 15 is 0 Å². The van der Waals surface area contributed by atoms with Crippen molar-refractivity contribution >= 4 is 0 Å². The average Bonchev–Trinajstić information content (AvgIpc) is 2.78. The van der Waals surface area contributed by atoms with E-state index in [2.05, 4.69) is 5.43 Å². The minimum atomic E-state index is -0.179. The van der Waals surface area contributed by atoms with Gasteiger partial charge in [0.25, 0.3) is 0 Å². The van der Waals surface area contributed by atoms with Crippen LogP contribution in [0.2, 0.25) is 0 Å². The number of halogens is 1. The first-order chi connectivity index (χ1) is 7.72. The van der Waals surface area contributed by atoms with Crippen molar-refractivity contribution < 1.29 is 9.13 Å². The zero-order valence-electron chi connectivity index (χ0n) is 9.37. The van der Waals surface area contributed by atoms with Gasteiger partial charge in [-0.05, 0) is 30.5 Å². The zero-order chi connectivity index (χ0) is 11.5. The van der Waals surface area contributed by atoms with Crippen LogP contribution in [-0.2, 0) is 4.74 Å². The predicted octanol–water partition coefficient (Wildman–Crippen LogP) is 1.68. The summed E-state index contributed by atoms with van der Waals surface area (Å²) in [7, 11) is 0. The van der Waals surface area contributed by atoms with E-state index in [1.807, 2.05) is 6.07 Å². The fourth-order valence-electron chi connectivity index (χ4n) is 2.18. The van der Waals surface area contributed by atoms with Crippen LogP contribution >= 0.6 is 0 Å². The van der Waals surface area contributed by atoms with Crippen molar-refractivity contribution in [2.45, 2.75) is 19.4 Å². The number of hydrogen-bond acceptors (Lipinski definition) is 3. The molecular formula is C12H17FN2O. The van der Waals surface area contributed by atoms with Gasteiger partial charge >= 0.3 is 0 Å². The van der Waals surface area contributed by atoms with Crippen molar-refractivity contribution in [1.29, 1.82) is 0 Å². The van der Waals surface area contributed by atoms with Crippen LogP contribution in [0, 0.1) is 18.7 Å². The lowest BCUT2D eigenvalue weighted by Gasteiger charge is -2.22. The van der Waals surface area contributed by atoms with Crippen molar-refractivity contribution in [3.05, 3.63) is 35.1 Å². The summed E-state index contributed by atoms with van der Waals surface area (Å²) in [6.07, 6.45) is 0.991. The minimum absolute atomic E-state index is 0.0433. The Hall–Kier alpha value is -0.970. The second-order valence-electron chi connectivity index (χ2n) is 4.28. The summed E-state index contributed by atoms with van der Waals surface area (Å²) in [5.74, 6) is 5.77. The molecule has 1 fully saturated rings. The van der Waals surface area contributed by atoms with Gasteiger partial charge in [0.05, 0.1) is 12.6 Å². The van der Waals surface area contributed by atoms with Gasteiger partial charge < -0.3 is 4.74 Å². The van der Waals surface area contributed by atoms with Crippen molar-refractivity contribution in [3.63, 3.8) is 0 Å². The fourth-order valence-corrected chi connectivity index (χ4v) is 2.18. The van der Waals surface area contributed by atoms with Gasteiger partial charge in [-0.15, -0.1) is 0 Å². The molecule has 1 aliphatic rings. The van der Waals surface area contributed by atoms with E-state index in [-0.39, 0.29) is 11.9 Å². The van der Waals surface area contributed by atoms with Gasteiger partial charge in [-0.1, -0.05) is 12.1 Å². The summed E-state index contributed by atoms with van der Waals surface area (Å²) in [5.41, 5.74) is 4.48. The van der Waals surface area contributed by atoms with Crippen LogP contribution < -0.4 is 11.3 Å². The van der Waals surface area contributed by atoms with Crippen molar-refractivity contribution in [1.82, 2.24) is 5.43 Å². The fraction of sp³-hybridized carbons (Fsp3) is 0.500. The Bertz CT molecular complexity index is 364. The van der Waals surface area contributed by atoms with E-state index in [9.17, 15) is 4.39 Å². The molecule has 1 aliphatic heterocycles. The minimum Gasteiger partial charge on any atom is -0.381 e. The molecule has 1 aromatic rings. The van der Waals surface area contributed by atoms with E-state index in [0.717, 1.165) is 18.6 Å². The van der Waals surface area contributed by atoms with Gasteiger partial charge in [-0.2, -0.15) is 0 Å². The third-order valence-electron chi connectivity index (χ3n) is 3.16. The molecule has 0 bridgehead atoms. The molecule has 4 heteroatoms. The number of nitrogens with two attached hydrogens (primary N) is 1. The highest BCUT2D eigenvalue weighted by Gasteiger charge is 2.26. The molecule has 0 aromatic heterocycles. The first kappa shape index (κ1) is 11.5. The lowest BCUT2D eigenvalue weighted by Crippen LogP contribution is -2.33. The van der Waals surface area contributed by atoms with Crippen LogP contribution in [-0.4, -0.2) is 13.2 Å². The lowest BCUT2D eigenvalue weighted by molar-refractivity contribution is 0.177. The molecule has 3 N–H and O–H groups in total. The molecule has 0 spiro atoms. The number of aryl methyl sites for hydroxylation is 1. The summed E-state index contributed by atoms with van der Waals surface area (Å²) in [6.45, 7) is 3.26. The molecule has 2 rings (SSSR count). The van der Waals surface area contributed by atoms with E-state index in [1.165, 1.54) is 6.07 Å². The highest BCUT2D eigenvalue weighted by atomic mass is 19.1. The number of rotatable bonds is 3. The third-order valence-corrected chi connectivity index (χ3v) is 3.16. The normalized spacial score (nSPS) is 22.3. The van der Waals surface area contributed by atoms with Crippen LogP contribution in [0.3, 0.4) is 0 Å². The molecule has 0 aliphatic carbocycles. The summed E-state index contributed by atoms with van der Waals surface area (Å²) >= 11 is 0. The molecule has 88 valence electrons. The van der Waals surface area contributed by atoms with Gasteiger partial charge in [-0.3, -0.25) is 11.3 Å². The first-order valence-corrected chi connectivity index (χ1v) is 5.52. The molecule has 3 nitrogen and oxygen atoms in total. The first-order valence-electron chi connectivity index (χ1n) is 5.52. The van der Waals surface area contributed by atoms with Crippen molar-refractivity contribution in [2.24, 2.45) is 11.8 Å². The van der Waals surface area contributed by atoms with Crippen molar-refractivity contribution in [2.75, 3.05) is 13.2 Å². The summed E-state index contributed by atoms with van der Waals surface area (Å²) in [6, 6.07) is 5.16. The molecule has 1 aromatic carbocycles.